The maximum Gasteiger partial charge on any atom is 0.331 e. The summed E-state index contributed by atoms with van der Waals surface area (Å²) in [6.45, 7) is 1.99. The summed E-state index contributed by atoms with van der Waals surface area (Å²) < 4.78 is 4.47. The fourth-order valence-corrected chi connectivity index (χ4v) is 1.17. The molecule has 0 bridgehead atoms. The van der Waals surface area contributed by atoms with Gasteiger partial charge in [-0.25, -0.2) is 4.79 Å². The first-order chi connectivity index (χ1) is 6.63. The first-order valence-electron chi connectivity index (χ1n) is 4.15. The molecule has 0 saturated carbocycles. The Hall–Kier alpha value is -1.28. The zero-order valence-corrected chi connectivity index (χ0v) is 8.84. The van der Waals surface area contributed by atoms with Crippen LogP contribution < -0.4 is 0 Å². The first-order valence-corrected chi connectivity index (χ1v) is 4.53. The number of aryl methyl sites for hydroxylation is 1. The molecule has 0 atom stereocenters. The van der Waals surface area contributed by atoms with Gasteiger partial charge in [-0.15, -0.1) is 0 Å². The number of esters is 1. The Labute approximate surface area is 88.1 Å². The number of carbonyl (C=O) groups is 1. The van der Waals surface area contributed by atoms with Gasteiger partial charge in [0.1, 0.15) is 0 Å². The molecule has 0 amide bonds. The van der Waals surface area contributed by atoms with Gasteiger partial charge in [0.15, 0.2) is 0 Å². The molecule has 0 aromatic heterocycles. The van der Waals surface area contributed by atoms with Gasteiger partial charge in [-0.05, 0) is 12.5 Å². The van der Waals surface area contributed by atoms with Crippen molar-refractivity contribution in [3.63, 3.8) is 0 Å². The lowest BCUT2D eigenvalue weighted by Crippen LogP contribution is -1.94. The molecule has 1 rings (SSSR count). The van der Waals surface area contributed by atoms with Crippen LogP contribution in [0.2, 0.25) is 0 Å². The minimum atomic E-state index is -0.449. The molecule has 0 aliphatic heterocycles. The Bertz CT molecular complexity index is 352. The molecule has 0 unspecified atom stereocenters. The highest BCUT2D eigenvalue weighted by atomic mass is 35.5. The van der Waals surface area contributed by atoms with Crippen LogP contribution in [0.1, 0.15) is 11.1 Å². The lowest BCUT2D eigenvalue weighted by atomic mass is 10.1. The number of hydrogen-bond acceptors (Lipinski definition) is 2. The van der Waals surface area contributed by atoms with Crippen molar-refractivity contribution in [1.29, 1.82) is 0 Å². The predicted molar refractivity (Wildman–Crippen MR) is 57.0 cm³/mol. The molecule has 2 nitrogen and oxygen atoms in total. The van der Waals surface area contributed by atoms with Crippen LogP contribution in [-0.4, -0.2) is 13.1 Å². The smallest absolute Gasteiger partial charge is 0.331 e. The van der Waals surface area contributed by atoms with Crippen LogP contribution in [0, 0.1) is 6.92 Å². The van der Waals surface area contributed by atoms with Crippen molar-refractivity contribution in [3.8, 4) is 0 Å². The Balaban J connectivity index is 2.89. The zero-order chi connectivity index (χ0) is 10.6. The summed E-state index contributed by atoms with van der Waals surface area (Å²) in [5, 5.41) is 0.386. The molecular formula is C11H11ClO2. The number of halogens is 1. The second-order valence-electron chi connectivity index (χ2n) is 2.88. The fourth-order valence-electron chi connectivity index (χ4n) is 0.959. The van der Waals surface area contributed by atoms with Crippen molar-refractivity contribution in [2.45, 2.75) is 6.92 Å². The van der Waals surface area contributed by atoms with Crippen LogP contribution in [-0.2, 0) is 9.53 Å². The minimum Gasteiger partial charge on any atom is -0.466 e. The van der Waals surface area contributed by atoms with E-state index in [1.165, 1.54) is 13.2 Å². The number of ether oxygens (including phenoxy) is 1. The standard InChI is InChI=1S/C11H11ClO2/c1-8-3-5-9(6-4-8)10(12)7-11(13)14-2/h3-7H,1-2H3/b10-7-. The molecule has 74 valence electrons. The summed E-state index contributed by atoms with van der Waals surface area (Å²) in [4.78, 5) is 10.9. The van der Waals surface area contributed by atoms with E-state index in [-0.39, 0.29) is 0 Å². The molecule has 14 heavy (non-hydrogen) atoms. The Morgan fingerprint density at radius 3 is 2.43 bits per heavy atom. The summed E-state index contributed by atoms with van der Waals surface area (Å²) >= 11 is 5.89. The molecule has 0 radical (unpaired) electrons. The third kappa shape index (κ3) is 2.89. The van der Waals surface area contributed by atoms with Crippen molar-refractivity contribution in [2.75, 3.05) is 7.11 Å². The normalized spacial score (nSPS) is 11.2. The summed E-state index contributed by atoms with van der Waals surface area (Å²) in [6, 6.07) is 7.58. The van der Waals surface area contributed by atoms with Crippen molar-refractivity contribution < 1.29 is 9.53 Å². The van der Waals surface area contributed by atoms with Crippen molar-refractivity contribution in [2.24, 2.45) is 0 Å². The molecule has 0 fully saturated rings. The third-order valence-corrected chi connectivity index (χ3v) is 2.10. The second kappa shape index (κ2) is 4.82. The third-order valence-electron chi connectivity index (χ3n) is 1.77. The van der Waals surface area contributed by atoms with Crippen molar-refractivity contribution >= 4 is 22.6 Å². The van der Waals surface area contributed by atoms with Crippen LogP contribution in [0.15, 0.2) is 30.3 Å². The number of benzene rings is 1. The van der Waals surface area contributed by atoms with Gasteiger partial charge >= 0.3 is 5.97 Å². The minimum absolute atomic E-state index is 0.386. The number of carbonyl (C=O) groups excluding carboxylic acids is 1. The molecule has 0 N–H and O–H groups in total. The van der Waals surface area contributed by atoms with Crippen LogP contribution in [0.5, 0.6) is 0 Å². The summed E-state index contributed by atoms with van der Waals surface area (Å²) in [5.74, 6) is -0.449. The molecule has 0 spiro atoms. The van der Waals surface area contributed by atoms with Gasteiger partial charge in [-0.2, -0.15) is 0 Å². The maximum atomic E-state index is 10.9. The molecule has 3 heteroatoms. The Kier molecular flexibility index (Phi) is 3.72. The highest BCUT2D eigenvalue weighted by Gasteiger charge is 2.01. The van der Waals surface area contributed by atoms with E-state index in [0.29, 0.717) is 5.03 Å². The second-order valence-corrected chi connectivity index (χ2v) is 3.29. The van der Waals surface area contributed by atoms with Gasteiger partial charge < -0.3 is 4.74 Å². The van der Waals surface area contributed by atoms with E-state index in [1.807, 2.05) is 31.2 Å². The van der Waals surface area contributed by atoms with Gasteiger partial charge in [0, 0.05) is 6.08 Å². The first kappa shape index (κ1) is 10.8. The molecule has 0 saturated heterocycles. The highest BCUT2D eigenvalue weighted by Crippen LogP contribution is 2.18. The van der Waals surface area contributed by atoms with E-state index < -0.39 is 5.97 Å². The summed E-state index contributed by atoms with van der Waals surface area (Å²) in [6.07, 6.45) is 1.26. The molecule has 0 aliphatic rings. The SMILES string of the molecule is COC(=O)/C=C(\Cl)c1ccc(C)cc1. The van der Waals surface area contributed by atoms with Gasteiger partial charge in [0.2, 0.25) is 0 Å². The van der Waals surface area contributed by atoms with Crippen LogP contribution in [0.3, 0.4) is 0 Å². The van der Waals surface area contributed by atoms with E-state index >= 15 is 0 Å². The van der Waals surface area contributed by atoms with Gasteiger partial charge in [-0.1, -0.05) is 41.4 Å². The van der Waals surface area contributed by atoms with Crippen molar-refractivity contribution in [3.05, 3.63) is 41.5 Å². The van der Waals surface area contributed by atoms with E-state index in [0.717, 1.165) is 11.1 Å². The molecule has 1 aromatic rings. The van der Waals surface area contributed by atoms with E-state index in [9.17, 15) is 4.79 Å². The highest BCUT2D eigenvalue weighted by molar-refractivity contribution is 6.50. The number of hydrogen-bond donors (Lipinski definition) is 0. The average molecular weight is 211 g/mol. The van der Waals surface area contributed by atoms with Gasteiger partial charge in [0.05, 0.1) is 12.1 Å². The Morgan fingerprint density at radius 2 is 1.93 bits per heavy atom. The fraction of sp³-hybridized carbons (Fsp3) is 0.182. The quantitative estimate of drug-likeness (QED) is 0.554. The lowest BCUT2D eigenvalue weighted by molar-refractivity contribution is -0.134. The van der Waals surface area contributed by atoms with Gasteiger partial charge in [0.25, 0.3) is 0 Å². The molecule has 0 heterocycles. The van der Waals surface area contributed by atoms with Crippen molar-refractivity contribution in [1.82, 2.24) is 0 Å². The van der Waals surface area contributed by atoms with Crippen LogP contribution in [0.4, 0.5) is 0 Å². The van der Waals surface area contributed by atoms with E-state index in [4.69, 9.17) is 11.6 Å². The lowest BCUT2D eigenvalue weighted by Gasteiger charge is -1.99. The van der Waals surface area contributed by atoms with Crippen LogP contribution in [0.25, 0.3) is 5.03 Å². The molecule has 0 aliphatic carbocycles. The topological polar surface area (TPSA) is 26.3 Å². The monoisotopic (exact) mass is 210 g/mol. The largest absolute Gasteiger partial charge is 0.466 e. The average Bonchev–Trinajstić information content (AvgIpc) is 2.18. The number of methoxy groups -OCH3 is 1. The van der Waals surface area contributed by atoms with E-state index in [2.05, 4.69) is 4.74 Å². The molecule has 1 aromatic carbocycles. The van der Waals surface area contributed by atoms with Gasteiger partial charge in [-0.3, -0.25) is 0 Å². The van der Waals surface area contributed by atoms with E-state index in [1.54, 1.807) is 0 Å². The summed E-state index contributed by atoms with van der Waals surface area (Å²) in [7, 11) is 1.32. The maximum absolute atomic E-state index is 10.9. The van der Waals surface area contributed by atoms with Crippen LogP contribution >= 0.6 is 11.6 Å². The number of rotatable bonds is 2. The Morgan fingerprint density at radius 1 is 1.36 bits per heavy atom. The zero-order valence-electron chi connectivity index (χ0n) is 8.08. The molecular weight excluding hydrogens is 200 g/mol. The summed E-state index contributed by atoms with van der Waals surface area (Å²) in [5.41, 5.74) is 1.96. The predicted octanol–water partition coefficient (Wildman–Crippen LogP) is 2.75.